The molecule has 7 nitrogen and oxygen atoms in total. The quantitative estimate of drug-likeness (QED) is 0.156. The van der Waals surface area contributed by atoms with Crippen LogP contribution in [0.4, 0.5) is 0 Å². The first-order valence-corrected chi connectivity index (χ1v) is 29.8. The summed E-state index contributed by atoms with van der Waals surface area (Å²) in [5.41, 5.74) is 2.40. The molecular weight excluding hydrogens is 645 g/mol. The molecule has 7 atom stereocenters. The highest BCUT2D eigenvalue weighted by molar-refractivity contribution is 6.81. The van der Waals surface area contributed by atoms with E-state index in [0.717, 1.165) is 12.8 Å². The van der Waals surface area contributed by atoms with Crippen molar-refractivity contribution in [3.05, 3.63) is 11.8 Å². The molecule has 2 saturated heterocycles. The Morgan fingerprint density at radius 3 is 1.65 bits per heavy atom. The fourth-order valence-corrected chi connectivity index (χ4v) is 9.70. The topological polar surface area (TPSA) is 72.5 Å². The second-order valence-electron chi connectivity index (χ2n) is 19.5. The molecule has 46 heavy (non-hydrogen) atoms. The Kier molecular flexibility index (Phi) is 13.4. The van der Waals surface area contributed by atoms with E-state index in [4.69, 9.17) is 27.5 Å². The summed E-state index contributed by atoms with van der Waals surface area (Å²) >= 11 is 0. The molecule has 0 N–H and O–H groups in total. The van der Waals surface area contributed by atoms with E-state index in [2.05, 4.69) is 133 Å². The monoisotopic (exact) mass is 716 g/mol. The molecule has 0 saturated carbocycles. The molecule has 0 spiro atoms. The predicted octanol–water partition coefficient (Wildman–Crippen LogP) is 9.47. The molecule has 2 heterocycles. The van der Waals surface area contributed by atoms with E-state index in [0.29, 0.717) is 0 Å². The van der Waals surface area contributed by atoms with Gasteiger partial charge in [-0.15, -0.1) is 0 Å². The number of esters is 1. The van der Waals surface area contributed by atoms with Gasteiger partial charge in [-0.1, -0.05) is 93.7 Å². The van der Waals surface area contributed by atoms with Crippen molar-refractivity contribution < 1.29 is 32.3 Å². The molecule has 2 fully saturated rings. The molecule has 0 radical (unpaired) electrons. The number of hydrogen-bond acceptors (Lipinski definition) is 7. The summed E-state index contributed by atoms with van der Waals surface area (Å²) in [7, 11) is -7.01. The Balaban J connectivity index is 2.82. The lowest BCUT2D eigenvalue weighted by atomic mass is 9.87. The van der Waals surface area contributed by atoms with Gasteiger partial charge in [-0.05, 0) is 67.2 Å². The number of carbonyl (C=O) groups excluding carboxylic acids is 1. The van der Waals surface area contributed by atoms with Crippen LogP contribution in [0, 0.1) is 0 Å². The Labute approximate surface area is 287 Å². The molecule has 0 aromatic carbocycles. The van der Waals surface area contributed by atoms with Crippen LogP contribution in [-0.4, -0.2) is 88.8 Å². The number of ether oxygens (including phenoxy) is 3. The van der Waals surface area contributed by atoms with E-state index in [1.807, 2.05) is 0 Å². The Hall–Kier alpha value is -0.122. The van der Waals surface area contributed by atoms with E-state index < -0.39 is 39.1 Å². The van der Waals surface area contributed by atoms with Gasteiger partial charge in [0.1, 0.15) is 24.4 Å². The highest BCUT2D eigenvalue weighted by Gasteiger charge is 2.57. The summed E-state index contributed by atoms with van der Waals surface area (Å²) in [6, 6.07) is 0. The van der Waals surface area contributed by atoms with Crippen LogP contribution in [0.5, 0.6) is 0 Å². The average molecular weight is 717 g/mol. The summed E-state index contributed by atoms with van der Waals surface area (Å²) in [6.45, 7) is 41.5. The molecule has 0 aliphatic carbocycles. The van der Waals surface area contributed by atoms with Crippen molar-refractivity contribution in [2.24, 2.45) is 0 Å². The van der Waals surface area contributed by atoms with Crippen molar-refractivity contribution in [1.82, 2.24) is 0 Å². The molecule has 11 heteroatoms. The fourth-order valence-electron chi connectivity index (χ4n) is 5.08. The lowest BCUT2D eigenvalue weighted by Crippen LogP contribution is -2.69. The maximum absolute atomic E-state index is 12.4. The van der Waals surface area contributed by atoms with Crippen molar-refractivity contribution in [3.63, 3.8) is 0 Å². The molecule has 0 aromatic heterocycles. The second-order valence-corrected chi connectivity index (χ2v) is 38.8. The highest BCUT2D eigenvalue weighted by atomic mass is 28.4. The van der Waals surface area contributed by atoms with E-state index in [-0.39, 0.29) is 64.1 Å². The van der Waals surface area contributed by atoms with Gasteiger partial charge in [0.05, 0.1) is 39.9 Å². The number of hydrogen-bond donors (Lipinski definition) is 0. The number of fused-ring (bicyclic) bond motifs is 1. The predicted molar refractivity (Wildman–Crippen MR) is 202 cm³/mol. The van der Waals surface area contributed by atoms with Crippen molar-refractivity contribution >= 4 is 39.0 Å². The first-order chi connectivity index (χ1) is 20.4. The molecule has 3 unspecified atom stereocenters. The zero-order valence-electron chi connectivity index (χ0n) is 33.2. The summed E-state index contributed by atoms with van der Waals surface area (Å²) in [5, 5.41) is -0.0231. The van der Waals surface area contributed by atoms with E-state index in [9.17, 15) is 4.79 Å². The van der Waals surface area contributed by atoms with Gasteiger partial charge in [0.2, 0.25) is 0 Å². The average Bonchev–Trinajstić information content (AvgIpc) is 2.85. The van der Waals surface area contributed by atoms with Crippen molar-refractivity contribution in [2.75, 3.05) is 7.11 Å². The summed E-state index contributed by atoms with van der Waals surface area (Å²) in [5.74, 6) is -0.256. The zero-order chi connectivity index (χ0) is 35.9. The van der Waals surface area contributed by atoms with Crippen LogP contribution in [0.1, 0.15) is 81.6 Å². The zero-order valence-corrected chi connectivity index (χ0v) is 37.2. The van der Waals surface area contributed by atoms with Gasteiger partial charge in [0.15, 0.2) is 25.0 Å². The molecule has 2 aliphatic rings. The molecule has 270 valence electrons. The SMILES string of the molecule is COC(=O)C[C@H]1CC[C@@H]2O[C@@H](C(/C=C/[Si](C)(C)C)O[Si](C)(C)C(C)(C)C)C(O[Si](C)(C)C(C)(C)C)C(O[Si](C)(C)C(C)(C)C)[C@H]2O1. The Morgan fingerprint density at radius 2 is 1.22 bits per heavy atom. The van der Waals surface area contributed by atoms with Crippen molar-refractivity contribution in [2.45, 2.75) is 198 Å². The van der Waals surface area contributed by atoms with Crippen LogP contribution in [0.15, 0.2) is 11.8 Å². The summed E-state index contributed by atoms with van der Waals surface area (Å²) in [6.07, 6.45) is 1.77. The molecule has 0 amide bonds. The minimum absolute atomic E-state index is 0.0211. The molecule has 2 rings (SSSR count). The standard InChI is InChI=1S/C35H72O7Si4/c1-33(2,3)44(14,15)40-27(22-23-43(11,12)13)30-32(42-46(18,19)35(7,8)9)31(41-45(16,17)34(4,5)6)29-26(39-30)21-20-25(38-29)24-28(36)37-10/h22-23,25-27,29-32H,20-21,24H2,1-19H3/b23-22+/t25-,26+,27?,29+,30+,31?,32?/m1/s1. The van der Waals surface area contributed by atoms with E-state index in [1.54, 1.807) is 0 Å². The molecular formula is C35H72O7Si4. The Bertz CT molecular complexity index is 1050. The van der Waals surface area contributed by atoms with Gasteiger partial charge >= 0.3 is 5.97 Å². The maximum Gasteiger partial charge on any atom is 0.308 e. The van der Waals surface area contributed by atoms with Crippen LogP contribution < -0.4 is 0 Å². The van der Waals surface area contributed by atoms with Crippen LogP contribution in [0.2, 0.25) is 74.0 Å². The van der Waals surface area contributed by atoms with Crippen LogP contribution >= 0.6 is 0 Å². The third kappa shape index (κ3) is 10.7. The molecule has 0 bridgehead atoms. The first kappa shape index (κ1) is 42.0. The van der Waals surface area contributed by atoms with Gasteiger partial charge in [-0.25, -0.2) is 0 Å². The van der Waals surface area contributed by atoms with Gasteiger partial charge < -0.3 is 27.5 Å². The third-order valence-electron chi connectivity index (χ3n) is 11.2. The molecule has 0 aromatic rings. The van der Waals surface area contributed by atoms with Crippen LogP contribution in [0.25, 0.3) is 0 Å². The summed E-state index contributed by atoms with van der Waals surface area (Å²) < 4.78 is 41.3. The third-order valence-corrected chi connectivity index (χ3v) is 25.8. The second kappa shape index (κ2) is 14.6. The van der Waals surface area contributed by atoms with Crippen molar-refractivity contribution in [1.29, 1.82) is 0 Å². The van der Waals surface area contributed by atoms with Crippen LogP contribution in [0.3, 0.4) is 0 Å². The number of methoxy groups -OCH3 is 1. The lowest BCUT2D eigenvalue weighted by Gasteiger charge is -2.56. The normalized spacial score (nSPS) is 28.2. The van der Waals surface area contributed by atoms with Gasteiger partial charge in [0, 0.05) is 0 Å². The largest absolute Gasteiger partial charge is 0.469 e. The Morgan fingerprint density at radius 1 is 0.739 bits per heavy atom. The molecule has 2 aliphatic heterocycles. The first-order valence-electron chi connectivity index (χ1n) is 17.5. The van der Waals surface area contributed by atoms with E-state index in [1.165, 1.54) is 7.11 Å². The number of carbonyl (C=O) groups is 1. The van der Waals surface area contributed by atoms with Gasteiger partial charge in [0.25, 0.3) is 0 Å². The highest BCUT2D eigenvalue weighted by Crippen LogP contribution is 2.47. The summed E-state index contributed by atoms with van der Waals surface area (Å²) in [4.78, 5) is 12.4. The van der Waals surface area contributed by atoms with E-state index >= 15 is 0 Å². The van der Waals surface area contributed by atoms with Gasteiger partial charge in [-0.3, -0.25) is 4.79 Å². The van der Waals surface area contributed by atoms with Crippen molar-refractivity contribution in [3.8, 4) is 0 Å². The lowest BCUT2D eigenvalue weighted by molar-refractivity contribution is -0.266. The van der Waals surface area contributed by atoms with Crippen LogP contribution in [-0.2, 0) is 32.3 Å². The van der Waals surface area contributed by atoms with Gasteiger partial charge in [-0.2, -0.15) is 0 Å². The minimum Gasteiger partial charge on any atom is -0.469 e. The fraction of sp³-hybridized carbons (Fsp3) is 0.914. The smallest absolute Gasteiger partial charge is 0.308 e. The maximum atomic E-state index is 12.4. The minimum atomic E-state index is -2.34. The number of rotatable bonds is 11.